The lowest BCUT2D eigenvalue weighted by Crippen LogP contribution is -2.27. The first-order valence-corrected chi connectivity index (χ1v) is 7.17. The lowest BCUT2D eigenvalue weighted by atomic mass is 10.0. The third kappa shape index (κ3) is 2.04. The molecule has 18 heavy (non-hydrogen) atoms. The van der Waals surface area contributed by atoms with Crippen LogP contribution < -0.4 is 10.1 Å². The number of nitrogens with one attached hydrogen (secondary N) is 2. The molecule has 0 bridgehead atoms. The normalized spacial score (nSPS) is 20.2. The second-order valence-electron chi connectivity index (χ2n) is 4.77. The molecule has 0 saturated carbocycles. The Labute approximate surface area is 115 Å². The molecule has 2 heterocycles. The molecule has 3 nitrogen and oxygen atoms in total. The zero-order valence-corrected chi connectivity index (χ0v) is 12.0. The third-order valence-corrected chi connectivity index (χ3v) is 4.48. The molecule has 1 aliphatic rings. The van der Waals surface area contributed by atoms with E-state index in [1.54, 1.807) is 7.11 Å². The van der Waals surface area contributed by atoms with Gasteiger partial charge in [-0.05, 0) is 53.5 Å². The van der Waals surface area contributed by atoms with Crippen LogP contribution >= 0.6 is 15.9 Å². The number of benzene rings is 1. The molecule has 1 fully saturated rings. The molecule has 1 aromatic heterocycles. The topological polar surface area (TPSA) is 37.0 Å². The number of aromatic amines is 1. The van der Waals surface area contributed by atoms with E-state index in [-0.39, 0.29) is 0 Å². The van der Waals surface area contributed by atoms with Crippen molar-refractivity contribution in [3.8, 4) is 5.75 Å². The van der Waals surface area contributed by atoms with Gasteiger partial charge in [-0.25, -0.2) is 0 Å². The monoisotopic (exact) mass is 308 g/mol. The predicted octanol–water partition coefficient (Wildman–Crippen LogP) is 3.75. The van der Waals surface area contributed by atoms with Gasteiger partial charge in [0, 0.05) is 27.1 Å². The fraction of sp³-hybridized carbons (Fsp3) is 0.429. The van der Waals surface area contributed by atoms with E-state index in [9.17, 15) is 0 Å². The number of hydrogen-bond acceptors (Lipinski definition) is 2. The van der Waals surface area contributed by atoms with E-state index >= 15 is 0 Å². The summed E-state index contributed by atoms with van der Waals surface area (Å²) in [6, 6.07) is 6.57. The van der Waals surface area contributed by atoms with Gasteiger partial charge in [-0.3, -0.25) is 0 Å². The molecule has 96 valence electrons. The molecule has 1 unspecified atom stereocenters. The highest BCUT2D eigenvalue weighted by atomic mass is 79.9. The Hall–Kier alpha value is -1.00. The summed E-state index contributed by atoms with van der Waals surface area (Å²) in [4.78, 5) is 3.52. The summed E-state index contributed by atoms with van der Waals surface area (Å²) in [6.07, 6.45) is 3.77. The summed E-state index contributed by atoms with van der Waals surface area (Å²) in [6.45, 7) is 1.11. The molecule has 4 heteroatoms. The van der Waals surface area contributed by atoms with Crippen molar-refractivity contribution in [3.05, 3.63) is 28.4 Å². The molecule has 0 spiro atoms. The number of rotatable bonds is 2. The molecule has 1 saturated heterocycles. The molecule has 2 N–H and O–H groups in total. The average Bonchev–Trinajstić information content (AvgIpc) is 2.77. The molecule has 1 aromatic carbocycles. The van der Waals surface area contributed by atoms with Gasteiger partial charge >= 0.3 is 0 Å². The lowest BCUT2D eigenvalue weighted by molar-refractivity contribution is 0.406. The first kappa shape index (κ1) is 12.1. The maximum Gasteiger partial charge on any atom is 0.119 e. The number of H-pyrrole nitrogens is 1. The number of aromatic nitrogens is 1. The quantitative estimate of drug-likeness (QED) is 0.886. The summed E-state index contributed by atoms with van der Waals surface area (Å²) < 4.78 is 6.44. The largest absolute Gasteiger partial charge is 0.497 e. The minimum Gasteiger partial charge on any atom is -0.497 e. The van der Waals surface area contributed by atoms with E-state index in [2.05, 4.69) is 38.4 Å². The molecular weight excluding hydrogens is 292 g/mol. The predicted molar refractivity (Wildman–Crippen MR) is 77.1 cm³/mol. The minimum atomic E-state index is 0.437. The standard InChI is InChI=1S/C14H17BrN2O/c1-18-9-5-6-11-10(8-9)13(15)14(17-11)12-4-2-3-7-16-12/h5-6,8,12,16-17H,2-4,7H2,1H3. The molecule has 0 amide bonds. The van der Waals surface area contributed by atoms with E-state index in [0.29, 0.717) is 6.04 Å². The lowest BCUT2D eigenvalue weighted by Gasteiger charge is -2.22. The van der Waals surface area contributed by atoms with Crippen LogP contribution in [-0.2, 0) is 0 Å². The SMILES string of the molecule is COc1ccc2[nH]c(C3CCCCN3)c(Br)c2c1. The van der Waals surface area contributed by atoms with E-state index in [4.69, 9.17) is 4.74 Å². The van der Waals surface area contributed by atoms with Crippen molar-refractivity contribution in [1.29, 1.82) is 0 Å². The fourth-order valence-corrected chi connectivity index (χ4v) is 3.33. The number of piperidine rings is 1. The van der Waals surface area contributed by atoms with Crippen LogP contribution in [0.3, 0.4) is 0 Å². The minimum absolute atomic E-state index is 0.437. The Morgan fingerprint density at radius 3 is 2.94 bits per heavy atom. The highest BCUT2D eigenvalue weighted by molar-refractivity contribution is 9.10. The smallest absolute Gasteiger partial charge is 0.119 e. The van der Waals surface area contributed by atoms with Crippen LogP contribution in [0.1, 0.15) is 31.0 Å². The van der Waals surface area contributed by atoms with Gasteiger partial charge < -0.3 is 15.0 Å². The molecule has 0 radical (unpaired) electrons. The van der Waals surface area contributed by atoms with Crippen LogP contribution in [0.25, 0.3) is 10.9 Å². The Morgan fingerprint density at radius 2 is 2.22 bits per heavy atom. The number of halogens is 1. The van der Waals surface area contributed by atoms with Crippen LogP contribution in [0.15, 0.2) is 22.7 Å². The van der Waals surface area contributed by atoms with Gasteiger partial charge in [0.1, 0.15) is 5.75 Å². The van der Waals surface area contributed by atoms with Gasteiger partial charge in [-0.2, -0.15) is 0 Å². The van der Waals surface area contributed by atoms with Crippen molar-refractivity contribution in [3.63, 3.8) is 0 Å². The second kappa shape index (κ2) is 4.94. The highest BCUT2D eigenvalue weighted by Crippen LogP contribution is 2.36. The van der Waals surface area contributed by atoms with Crippen molar-refractivity contribution >= 4 is 26.8 Å². The van der Waals surface area contributed by atoms with Crippen LogP contribution in [0.2, 0.25) is 0 Å². The third-order valence-electron chi connectivity index (χ3n) is 3.63. The van der Waals surface area contributed by atoms with Crippen LogP contribution in [-0.4, -0.2) is 18.6 Å². The van der Waals surface area contributed by atoms with Crippen LogP contribution in [0.5, 0.6) is 5.75 Å². The Bertz CT molecular complexity index is 558. The van der Waals surface area contributed by atoms with E-state index in [0.717, 1.165) is 22.3 Å². The number of hydrogen-bond donors (Lipinski definition) is 2. The van der Waals surface area contributed by atoms with Gasteiger partial charge in [-0.15, -0.1) is 0 Å². The van der Waals surface area contributed by atoms with Crippen LogP contribution in [0.4, 0.5) is 0 Å². The van der Waals surface area contributed by atoms with Gasteiger partial charge in [0.2, 0.25) is 0 Å². The van der Waals surface area contributed by atoms with E-state index in [1.807, 2.05) is 6.07 Å². The summed E-state index contributed by atoms with van der Waals surface area (Å²) in [5.41, 5.74) is 2.42. The second-order valence-corrected chi connectivity index (χ2v) is 5.56. The summed E-state index contributed by atoms with van der Waals surface area (Å²) >= 11 is 3.72. The van der Waals surface area contributed by atoms with Crippen molar-refractivity contribution in [2.45, 2.75) is 25.3 Å². The van der Waals surface area contributed by atoms with Gasteiger partial charge in [-0.1, -0.05) is 6.42 Å². The van der Waals surface area contributed by atoms with Gasteiger partial charge in [0.05, 0.1) is 7.11 Å². The van der Waals surface area contributed by atoms with Gasteiger partial charge in [0.25, 0.3) is 0 Å². The zero-order chi connectivity index (χ0) is 12.5. The number of fused-ring (bicyclic) bond motifs is 1. The number of ether oxygens (including phenoxy) is 1. The molecule has 1 aliphatic heterocycles. The Balaban J connectivity index is 2.04. The Morgan fingerprint density at radius 1 is 1.33 bits per heavy atom. The first-order chi connectivity index (χ1) is 8.79. The van der Waals surface area contributed by atoms with Crippen molar-refractivity contribution in [2.24, 2.45) is 0 Å². The van der Waals surface area contributed by atoms with Crippen molar-refractivity contribution in [2.75, 3.05) is 13.7 Å². The average molecular weight is 309 g/mol. The highest BCUT2D eigenvalue weighted by Gasteiger charge is 2.20. The fourth-order valence-electron chi connectivity index (χ4n) is 2.62. The number of methoxy groups -OCH3 is 1. The van der Waals surface area contributed by atoms with Crippen molar-refractivity contribution in [1.82, 2.24) is 10.3 Å². The molecule has 3 rings (SSSR count). The summed E-state index contributed by atoms with van der Waals surface area (Å²) in [7, 11) is 1.70. The van der Waals surface area contributed by atoms with E-state index in [1.165, 1.54) is 30.3 Å². The summed E-state index contributed by atoms with van der Waals surface area (Å²) in [5.74, 6) is 0.894. The van der Waals surface area contributed by atoms with Crippen LogP contribution in [0, 0.1) is 0 Å². The maximum absolute atomic E-state index is 5.28. The molecular formula is C14H17BrN2O. The van der Waals surface area contributed by atoms with Gasteiger partial charge in [0.15, 0.2) is 0 Å². The Kier molecular flexibility index (Phi) is 3.31. The molecule has 1 atom stereocenters. The molecule has 2 aromatic rings. The molecule has 0 aliphatic carbocycles. The summed E-state index contributed by atoms with van der Waals surface area (Å²) in [5, 5.41) is 4.76. The van der Waals surface area contributed by atoms with Crippen molar-refractivity contribution < 1.29 is 4.74 Å². The van der Waals surface area contributed by atoms with E-state index < -0.39 is 0 Å². The zero-order valence-electron chi connectivity index (χ0n) is 10.4. The first-order valence-electron chi connectivity index (χ1n) is 6.38. The maximum atomic E-state index is 5.28.